The third kappa shape index (κ3) is 3.29. The van der Waals surface area contributed by atoms with Gasteiger partial charge in [-0.05, 0) is 23.5 Å². The first-order valence-corrected chi connectivity index (χ1v) is 6.07. The van der Waals surface area contributed by atoms with E-state index in [1.807, 2.05) is 30.3 Å². The molecule has 1 aromatic carbocycles. The van der Waals surface area contributed by atoms with Gasteiger partial charge in [-0.1, -0.05) is 30.3 Å². The summed E-state index contributed by atoms with van der Waals surface area (Å²) >= 11 is 1.12. The van der Waals surface area contributed by atoms with Crippen LogP contribution in [0.5, 0.6) is 0 Å². The number of nitrogens with zero attached hydrogens (tertiary/aromatic N) is 1. The Hall–Kier alpha value is -1.88. The van der Waals surface area contributed by atoms with E-state index < -0.39 is 0 Å². The zero-order chi connectivity index (χ0) is 12.1. The van der Waals surface area contributed by atoms with Crippen LogP contribution in [-0.2, 0) is 6.42 Å². The van der Waals surface area contributed by atoms with E-state index in [1.54, 1.807) is 6.07 Å². The van der Waals surface area contributed by atoms with Crippen molar-refractivity contribution in [2.45, 2.75) is 6.42 Å². The zero-order valence-electron chi connectivity index (χ0n) is 9.22. The quantitative estimate of drug-likeness (QED) is 0.864. The predicted molar refractivity (Wildman–Crippen MR) is 69.0 cm³/mol. The molecule has 88 valence electrons. The van der Waals surface area contributed by atoms with Gasteiger partial charge in [0.15, 0.2) is 0 Å². The fraction of sp³-hybridized carbons (Fsp3) is 0.167. The van der Waals surface area contributed by atoms with Crippen LogP contribution < -0.4 is 11.1 Å². The molecule has 0 saturated heterocycles. The second-order valence-corrected chi connectivity index (χ2v) is 4.41. The Kier molecular flexibility index (Phi) is 3.72. The maximum Gasteiger partial charge on any atom is 0.263 e. The normalized spacial score (nSPS) is 10.1. The Morgan fingerprint density at radius 3 is 2.76 bits per heavy atom. The molecule has 0 spiro atoms. The van der Waals surface area contributed by atoms with Gasteiger partial charge in [0.1, 0.15) is 10.7 Å². The molecule has 2 aromatic rings. The fourth-order valence-electron chi connectivity index (χ4n) is 1.45. The molecule has 0 aliphatic carbocycles. The summed E-state index contributed by atoms with van der Waals surface area (Å²) in [5.41, 5.74) is 6.66. The van der Waals surface area contributed by atoms with Crippen LogP contribution in [0.1, 0.15) is 15.2 Å². The summed E-state index contributed by atoms with van der Waals surface area (Å²) in [5, 5.41) is 2.84. The highest BCUT2D eigenvalue weighted by atomic mass is 32.1. The van der Waals surface area contributed by atoms with Crippen molar-refractivity contribution in [3.05, 3.63) is 46.8 Å². The Labute approximate surface area is 104 Å². The average Bonchev–Trinajstić information content (AvgIpc) is 2.77. The average molecular weight is 247 g/mol. The second-order valence-electron chi connectivity index (χ2n) is 3.61. The minimum atomic E-state index is -0.116. The Morgan fingerprint density at radius 1 is 1.35 bits per heavy atom. The molecule has 1 aromatic heterocycles. The van der Waals surface area contributed by atoms with E-state index in [9.17, 15) is 4.79 Å². The summed E-state index contributed by atoms with van der Waals surface area (Å²) in [6, 6.07) is 11.6. The van der Waals surface area contributed by atoms with Gasteiger partial charge in [-0.15, -0.1) is 0 Å². The van der Waals surface area contributed by atoms with Crippen LogP contribution in [0.15, 0.2) is 36.4 Å². The number of carbonyl (C=O) groups is 1. The zero-order valence-corrected chi connectivity index (χ0v) is 10.0. The standard InChI is InChI=1S/C12H13N3OS/c13-11-8-10(17-15-11)12(16)14-7-6-9-4-2-1-3-5-9/h1-5,8H,6-7H2,(H2,13,15)(H,14,16). The van der Waals surface area contributed by atoms with E-state index in [0.29, 0.717) is 17.2 Å². The number of amides is 1. The summed E-state index contributed by atoms with van der Waals surface area (Å²) in [5.74, 6) is 0.276. The highest BCUT2D eigenvalue weighted by molar-refractivity contribution is 7.08. The van der Waals surface area contributed by atoms with Gasteiger partial charge in [0, 0.05) is 12.6 Å². The Balaban J connectivity index is 1.81. The van der Waals surface area contributed by atoms with E-state index in [4.69, 9.17) is 5.73 Å². The number of rotatable bonds is 4. The molecule has 0 radical (unpaired) electrons. The number of benzene rings is 1. The van der Waals surface area contributed by atoms with Crippen molar-refractivity contribution in [2.75, 3.05) is 12.3 Å². The van der Waals surface area contributed by atoms with E-state index >= 15 is 0 Å². The first-order valence-electron chi connectivity index (χ1n) is 5.30. The van der Waals surface area contributed by atoms with Crippen molar-refractivity contribution >= 4 is 23.3 Å². The maximum atomic E-state index is 11.7. The molecule has 2 rings (SSSR count). The van der Waals surface area contributed by atoms with Crippen LogP contribution in [0.25, 0.3) is 0 Å². The number of hydrogen-bond acceptors (Lipinski definition) is 4. The molecule has 4 nitrogen and oxygen atoms in total. The number of anilines is 1. The molecular weight excluding hydrogens is 234 g/mol. The molecule has 0 bridgehead atoms. The van der Waals surface area contributed by atoms with Gasteiger partial charge in [0.25, 0.3) is 5.91 Å². The third-order valence-electron chi connectivity index (χ3n) is 2.29. The van der Waals surface area contributed by atoms with Crippen molar-refractivity contribution < 1.29 is 4.79 Å². The van der Waals surface area contributed by atoms with Gasteiger partial charge in [-0.2, -0.15) is 4.37 Å². The van der Waals surface area contributed by atoms with Crippen molar-refractivity contribution in [3.8, 4) is 0 Å². The molecule has 0 fully saturated rings. The van der Waals surface area contributed by atoms with Gasteiger partial charge < -0.3 is 11.1 Å². The fourth-order valence-corrected chi connectivity index (χ4v) is 2.03. The van der Waals surface area contributed by atoms with Gasteiger partial charge in [0.05, 0.1) is 0 Å². The van der Waals surface area contributed by atoms with Crippen molar-refractivity contribution in [1.82, 2.24) is 9.69 Å². The van der Waals surface area contributed by atoms with Crippen molar-refractivity contribution in [3.63, 3.8) is 0 Å². The number of carbonyl (C=O) groups excluding carboxylic acids is 1. The SMILES string of the molecule is Nc1cc(C(=O)NCCc2ccccc2)sn1. The molecule has 1 heterocycles. The minimum Gasteiger partial charge on any atom is -0.383 e. The summed E-state index contributed by atoms with van der Waals surface area (Å²) in [4.78, 5) is 12.2. The molecule has 1 amide bonds. The lowest BCUT2D eigenvalue weighted by molar-refractivity contribution is 0.0958. The molecule has 0 aliphatic heterocycles. The molecule has 5 heteroatoms. The Morgan fingerprint density at radius 2 is 2.12 bits per heavy atom. The highest BCUT2D eigenvalue weighted by Gasteiger charge is 2.08. The highest BCUT2D eigenvalue weighted by Crippen LogP contribution is 2.10. The van der Waals surface area contributed by atoms with E-state index in [1.165, 1.54) is 5.56 Å². The molecule has 17 heavy (non-hydrogen) atoms. The number of nitrogens with two attached hydrogens (primary N) is 1. The van der Waals surface area contributed by atoms with E-state index in [2.05, 4.69) is 9.69 Å². The molecule has 3 N–H and O–H groups in total. The molecule has 0 atom stereocenters. The first kappa shape index (κ1) is 11.6. The number of nitrogens with one attached hydrogen (secondary N) is 1. The summed E-state index contributed by atoms with van der Waals surface area (Å²) < 4.78 is 3.86. The Bertz CT molecular complexity index is 495. The van der Waals surface area contributed by atoms with Gasteiger partial charge in [0.2, 0.25) is 0 Å². The first-order chi connectivity index (χ1) is 8.25. The largest absolute Gasteiger partial charge is 0.383 e. The van der Waals surface area contributed by atoms with Crippen LogP contribution in [0, 0.1) is 0 Å². The van der Waals surface area contributed by atoms with E-state index in [0.717, 1.165) is 18.0 Å². The lowest BCUT2D eigenvalue weighted by Gasteiger charge is -2.03. The van der Waals surface area contributed by atoms with Crippen LogP contribution in [-0.4, -0.2) is 16.8 Å². The van der Waals surface area contributed by atoms with Crippen molar-refractivity contribution in [1.29, 1.82) is 0 Å². The predicted octanol–water partition coefficient (Wildman–Crippen LogP) is 1.70. The molecule has 0 unspecified atom stereocenters. The minimum absolute atomic E-state index is 0.116. The summed E-state index contributed by atoms with van der Waals surface area (Å²) in [6.45, 7) is 0.612. The van der Waals surface area contributed by atoms with Gasteiger partial charge in [-0.3, -0.25) is 4.79 Å². The number of nitrogen functional groups attached to an aromatic ring is 1. The van der Waals surface area contributed by atoms with Crippen molar-refractivity contribution in [2.24, 2.45) is 0 Å². The monoisotopic (exact) mass is 247 g/mol. The smallest absolute Gasteiger partial charge is 0.263 e. The van der Waals surface area contributed by atoms with E-state index in [-0.39, 0.29) is 5.91 Å². The van der Waals surface area contributed by atoms with Crippen LogP contribution >= 0.6 is 11.5 Å². The molecule has 0 aliphatic rings. The number of hydrogen-bond donors (Lipinski definition) is 2. The topological polar surface area (TPSA) is 68.0 Å². The summed E-state index contributed by atoms with van der Waals surface area (Å²) in [6.07, 6.45) is 0.820. The van der Waals surface area contributed by atoms with Gasteiger partial charge in [-0.25, -0.2) is 0 Å². The van der Waals surface area contributed by atoms with Crippen LogP contribution in [0.4, 0.5) is 5.82 Å². The molecular formula is C12H13N3OS. The lowest BCUT2D eigenvalue weighted by Crippen LogP contribution is -2.24. The lowest BCUT2D eigenvalue weighted by atomic mass is 10.1. The maximum absolute atomic E-state index is 11.7. The van der Waals surface area contributed by atoms with Gasteiger partial charge >= 0.3 is 0 Å². The number of aromatic nitrogens is 1. The van der Waals surface area contributed by atoms with Crippen LogP contribution in [0.3, 0.4) is 0 Å². The molecule has 0 saturated carbocycles. The van der Waals surface area contributed by atoms with Crippen LogP contribution in [0.2, 0.25) is 0 Å². The third-order valence-corrected chi connectivity index (χ3v) is 3.10. The summed E-state index contributed by atoms with van der Waals surface area (Å²) in [7, 11) is 0. The second kappa shape index (κ2) is 5.45.